The Morgan fingerprint density at radius 2 is 2.00 bits per heavy atom. The van der Waals surface area contributed by atoms with E-state index in [1.807, 2.05) is 12.1 Å². The molecule has 7 heteroatoms. The number of hydrogen-bond donors (Lipinski definition) is 1. The lowest BCUT2D eigenvalue weighted by Crippen LogP contribution is -2.33. The van der Waals surface area contributed by atoms with Crippen LogP contribution in [-0.2, 0) is 17.8 Å². The van der Waals surface area contributed by atoms with Crippen LogP contribution in [0.25, 0.3) is 0 Å². The third kappa shape index (κ3) is 2.76. The maximum absolute atomic E-state index is 11.6. The van der Waals surface area contributed by atoms with Gasteiger partial charge < -0.3 is 5.11 Å². The Kier molecular flexibility index (Phi) is 3.64. The fourth-order valence-electron chi connectivity index (χ4n) is 2.93. The maximum atomic E-state index is 11.6. The Labute approximate surface area is 122 Å². The molecule has 7 nitrogen and oxygen atoms in total. The van der Waals surface area contributed by atoms with Crippen LogP contribution in [0.1, 0.15) is 37.1 Å². The van der Waals surface area contributed by atoms with Crippen molar-refractivity contribution in [1.29, 1.82) is 0 Å². The number of carboxylic acid groups (broad SMARTS) is 1. The smallest absolute Gasteiger partial charge is 0.311 e. The first-order chi connectivity index (χ1) is 10.2. The zero-order valence-electron chi connectivity index (χ0n) is 11.6. The second-order valence-corrected chi connectivity index (χ2v) is 5.58. The zero-order chi connectivity index (χ0) is 14.7. The Morgan fingerprint density at radius 1 is 1.29 bits per heavy atom. The average molecular weight is 287 g/mol. The highest BCUT2D eigenvalue weighted by atomic mass is 16.4. The van der Waals surface area contributed by atoms with Gasteiger partial charge in [0.15, 0.2) is 5.82 Å². The molecule has 21 heavy (non-hydrogen) atoms. The molecular weight excluding hydrogens is 270 g/mol. The molecule has 0 amide bonds. The summed E-state index contributed by atoms with van der Waals surface area (Å²) in [6, 6.07) is 3.81. The van der Waals surface area contributed by atoms with E-state index in [9.17, 15) is 9.90 Å². The average Bonchev–Trinajstić information content (AvgIpc) is 3.12. The van der Waals surface area contributed by atoms with E-state index in [0.29, 0.717) is 31.6 Å². The standard InChI is InChI=1S/C14H17N5O2/c20-13(21)14(5-1-2-6-14)10-19-12(16-17-18-19)9-11-3-7-15-8-4-11/h3-4,7-8H,1-2,5-6,9-10H2,(H,20,21). The Morgan fingerprint density at radius 3 is 2.67 bits per heavy atom. The molecule has 0 atom stereocenters. The molecule has 0 aliphatic heterocycles. The van der Waals surface area contributed by atoms with Crippen LogP contribution in [0.4, 0.5) is 0 Å². The van der Waals surface area contributed by atoms with Crippen LogP contribution >= 0.6 is 0 Å². The van der Waals surface area contributed by atoms with Gasteiger partial charge in [-0.1, -0.05) is 12.8 Å². The molecule has 1 fully saturated rings. The van der Waals surface area contributed by atoms with E-state index in [0.717, 1.165) is 18.4 Å². The first-order valence-electron chi connectivity index (χ1n) is 7.07. The number of carbonyl (C=O) groups is 1. The quantitative estimate of drug-likeness (QED) is 0.891. The van der Waals surface area contributed by atoms with Gasteiger partial charge in [-0.2, -0.15) is 0 Å². The van der Waals surface area contributed by atoms with Crippen molar-refractivity contribution in [1.82, 2.24) is 25.2 Å². The van der Waals surface area contributed by atoms with Crippen LogP contribution in [-0.4, -0.2) is 36.3 Å². The van der Waals surface area contributed by atoms with E-state index < -0.39 is 11.4 Å². The molecule has 0 aromatic carbocycles. The van der Waals surface area contributed by atoms with E-state index in [1.165, 1.54) is 0 Å². The summed E-state index contributed by atoms with van der Waals surface area (Å²) in [5.74, 6) is -0.0564. The molecule has 0 bridgehead atoms. The number of hydrogen-bond acceptors (Lipinski definition) is 5. The predicted molar refractivity (Wildman–Crippen MR) is 73.4 cm³/mol. The summed E-state index contributed by atoms with van der Waals surface area (Å²) in [4.78, 5) is 15.6. The minimum Gasteiger partial charge on any atom is -0.481 e. The largest absolute Gasteiger partial charge is 0.481 e. The van der Waals surface area contributed by atoms with Crippen molar-refractivity contribution in [3.05, 3.63) is 35.9 Å². The highest BCUT2D eigenvalue weighted by Crippen LogP contribution is 2.39. The molecule has 2 heterocycles. The second kappa shape index (κ2) is 5.59. The SMILES string of the molecule is O=C(O)C1(Cn2nnnc2Cc2ccncc2)CCCC1. The number of aromatic nitrogens is 5. The summed E-state index contributed by atoms with van der Waals surface area (Å²) in [6.45, 7) is 0.343. The van der Waals surface area contributed by atoms with Gasteiger partial charge >= 0.3 is 5.97 Å². The minimum atomic E-state index is -0.745. The Hall–Kier alpha value is -2.31. The van der Waals surface area contributed by atoms with E-state index >= 15 is 0 Å². The van der Waals surface area contributed by atoms with Gasteiger partial charge in [-0.3, -0.25) is 9.78 Å². The first-order valence-corrected chi connectivity index (χ1v) is 7.07. The Bertz CT molecular complexity index is 619. The van der Waals surface area contributed by atoms with Gasteiger partial charge in [0.1, 0.15) is 0 Å². The van der Waals surface area contributed by atoms with Crippen LogP contribution in [0.5, 0.6) is 0 Å². The van der Waals surface area contributed by atoms with Gasteiger partial charge in [0, 0.05) is 18.8 Å². The normalized spacial score (nSPS) is 17.0. The third-order valence-corrected chi connectivity index (χ3v) is 4.18. The third-order valence-electron chi connectivity index (χ3n) is 4.18. The van der Waals surface area contributed by atoms with E-state index in [4.69, 9.17) is 0 Å². The summed E-state index contributed by atoms with van der Waals surface area (Å²) in [6.07, 6.45) is 7.31. The maximum Gasteiger partial charge on any atom is 0.311 e. The van der Waals surface area contributed by atoms with Gasteiger partial charge in [-0.15, -0.1) is 5.10 Å². The fraction of sp³-hybridized carbons (Fsp3) is 0.500. The van der Waals surface area contributed by atoms with Crippen molar-refractivity contribution in [3.8, 4) is 0 Å². The molecule has 1 saturated carbocycles. The van der Waals surface area contributed by atoms with Crippen molar-refractivity contribution < 1.29 is 9.90 Å². The second-order valence-electron chi connectivity index (χ2n) is 5.58. The first kappa shape index (κ1) is 13.7. The van der Waals surface area contributed by atoms with E-state index in [-0.39, 0.29) is 0 Å². The van der Waals surface area contributed by atoms with Crippen molar-refractivity contribution in [3.63, 3.8) is 0 Å². The molecular formula is C14H17N5O2. The van der Waals surface area contributed by atoms with Crippen LogP contribution in [0.3, 0.4) is 0 Å². The van der Waals surface area contributed by atoms with Crippen molar-refractivity contribution in [2.24, 2.45) is 5.41 Å². The topological polar surface area (TPSA) is 93.8 Å². The molecule has 1 aliphatic carbocycles. The summed E-state index contributed by atoms with van der Waals surface area (Å²) < 4.78 is 1.64. The molecule has 2 aromatic heterocycles. The fourth-order valence-corrected chi connectivity index (χ4v) is 2.93. The molecule has 1 N–H and O–H groups in total. The monoisotopic (exact) mass is 287 g/mol. The molecule has 0 unspecified atom stereocenters. The minimum absolute atomic E-state index is 0.343. The summed E-state index contributed by atoms with van der Waals surface area (Å²) in [5, 5.41) is 21.3. The predicted octanol–water partition coefficient (Wildman–Crippen LogP) is 1.30. The molecule has 0 spiro atoms. The lowest BCUT2D eigenvalue weighted by molar-refractivity contribution is -0.149. The number of carboxylic acids is 1. The van der Waals surface area contributed by atoms with E-state index in [2.05, 4.69) is 20.5 Å². The van der Waals surface area contributed by atoms with Crippen LogP contribution in [0.2, 0.25) is 0 Å². The number of rotatable bonds is 5. The Balaban J connectivity index is 1.81. The molecule has 110 valence electrons. The zero-order valence-corrected chi connectivity index (χ0v) is 11.6. The number of tetrazole rings is 1. The molecule has 0 saturated heterocycles. The van der Waals surface area contributed by atoms with Crippen LogP contribution in [0, 0.1) is 5.41 Å². The van der Waals surface area contributed by atoms with Gasteiger partial charge in [0.25, 0.3) is 0 Å². The van der Waals surface area contributed by atoms with Crippen LogP contribution < -0.4 is 0 Å². The highest BCUT2D eigenvalue weighted by molar-refractivity contribution is 5.74. The molecule has 3 rings (SSSR count). The summed E-state index contributed by atoms with van der Waals surface area (Å²) >= 11 is 0. The van der Waals surface area contributed by atoms with Crippen molar-refractivity contribution >= 4 is 5.97 Å². The number of nitrogens with zero attached hydrogens (tertiary/aromatic N) is 5. The lowest BCUT2D eigenvalue weighted by Gasteiger charge is -2.23. The van der Waals surface area contributed by atoms with Gasteiger partial charge in [0.2, 0.25) is 0 Å². The lowest BCUT2D eigenvalue weighted by atomic mass is 9.86. The number of pyridine rings is 1. The number of aliphatic carboxylic acids is 1. The van der Waals surface area contributed by atoms with Gasteiger partial charge in [-0.25, -0.2) is 4.68 Å². The van der Waals surface area contributed by atoms with Crippen molar-refractivity contribution in [2.75, 3.05) is 0 Å². The van der Waals surface area contributed by atoms with Crippen molar-refractivity contribution in [2.45, 2.75) is 38.6 Å². The summed E-state index contributed by atoms with van der Waals surface area (Å²) in [7, 11) is 0. The van der Waals surface area contributed by atoms with Gasteiger partial charge in [-0.05, 0) is 41.0 Å². The highest BCUT2D eigenvalue weighted by Gasteiger charge is 2.42. The molecule has 0 radical (unpaired) electrons. The molecule has 2 aromatic rings. The van der Waals surface area contributed by atoms with Gasteiger partial charge in [0.05, 0.1) is 12.0 Å². The summed E-state index contributed by atoms with van der Waals surface area (Å²) in [5.41, 5.74) is 0.333. The van der Waals surface area contributed by atoms with Crippen LogP contribution in [0.15, 0.2) is 24.5 Å². The van der Waals surface area contributed by atoms with E-state index in [1.54, 1.807) is 17.1 Å². The molecule has 1 aliphatic rings.